The van der Waals surface area contributed by atoms with Gasteiger partial charge in [0.15, 0.2) is 11.4 Å². The molecule has 1 saturated heterocycles. The number of para-hydroxylation sites is 1. The highest BCUT2D eigenvalue weighted by atomic mass is 35.5. The van der Waals surface area contributed by atoms with Crippen molar-refractivity contribution in [1.29, 1.82) is 0 Å². The zero-order valence-corrected chi connectivity index (χ0v) is 17.0. The Bertz CT molecular complexity index is 748. The van der Waals surface area contributed by atoms with Crippen LogP contribution in [-0.4, -0.2) is 46.3 Å². The Morgan fingerprint density at radius 1 is 1.33 bits per heavy atom. The third-order valence-corrected chi connectivity index (χ3v) is 4.73. The molecule has 1 fully saturated rings. The number of nitrogens with two attached hydrogens (primary N) is 1. The Hall–Kier alpha value is -2.05. The highest BCUT2D eigenvalue weighted by Gasteiger charge is 2.34. The number of benzene rings is 1. The molecule has 1 aliphatic rings. The number of carbonyl (C=O) groups is 1. The number of aromatic nitrogens is 2. The lowest BCUT2D eigenvalue weighted by atomic mass is 10.1. The van der Waals surface area contributed by atoms with Crippen molar-refractivity contribution in [2.75, 3.05) is 19.7 Å². The van der Waals surface area contributed by atoms with Gasteiger partial charge < -0.3 is 15.4 Å². The summed E-state index contributed by atoms with van der Waals surface area (Å²) in [6, 6.07) is 9.92. The third-order valence-electron chi connectivity index (χ3n) is 4.73. The first kappa shape index (κ1) is 21.3. The predicted molar refractivity (Wildman–Crippen MR) is 109 cm³/mol. The van der Waals surface area contributed by atoms with Crippen molar-refractivity contribution >= 4 is 18.3 Å². The van der Waals surface area contributed by atoms with E-state index in [0.29, 0.717) is 43.0 Å². The molecule has 1 aromatic heterocycles. The lowest BCUT2D eigenvalue weighted by molar-refractivity contribution is 0.0732. The second-order valence-corrected chi connectivity index (χ2v) is 7.47. The highest BCUT2D eigenvalue weighted by Crippen LogP contribution is 2.28. The minimum absolute atomic E-state index is 0. The van der Waals surface area contributed by atoms with Crippen molar-refractivity contribution in [2.45, 2.75) is 33.2 Å². The molecule has 3 rings (SSSR count). The number of ether oxygens (including phenoxy) is 1. The Morgan fingerprint density at radius 3 is 2.63 bits per heavy atom. The smallest absolute Gasteiger partial charge is 0.278 e. The normalized spacial score (nSPS) is 19.2. The monoisotopic (exact) mass is 392 g/mol. The lowest BCUT2D eigenvalue weighted by Crippen LogP contribution is -2.35. The van der Waals surface area contributed by atoms with Gasteiger partial charge in [-0.05, 0) is 43.9 Å². The molecular weight excluding hydrogens is 364 g/mol. The van der Waals surface area contributed by atoms with Gasteiger partial charge in [0, 0.05) is 12.6 Å². The van der Waals surface area contributed by atoms with Gasteiger partial charge in [-0.25, -0.2) is 4.68 Å². The third kappa shape index (κ3) is 4.82. The van der Waals surface area contributed by atoms with E-state index in [0.717, 1.165) is 12.1 Å². The van der Waals surface area contributed by atoms with Crippen LogP contribution in [0.15, 0.2) is 36.5 Å². The van der Waals surface area contributed by atoms with Crippen LogP contribution < -0.4 is 10.5 Å². The van der Waals surface area contributed by atoms with E-state index in [1.54, 1.807) is 10.9 Å². The Kier molecular flexibility index (Phi) is 7.27. The number of halogens is 1. The largest absolute Gasteiger partial charge is 0.489 e. The van der Waals surface area contributed by atoms with Crippen LogP contribution in [0.3, 0.4) is 0 Å². The van der Waals surface area contributed by atoms with Crippen LogP contribution in [0.1, 0.15) is 37.7 Å². The zero-order chi connectivity index (χ0) is 18.7. The maximum atomic E-state index is 13.2. The first-order valence-corrected chi connectivity index (χ1v) is 9.28. The molecule has 27 heavy (non-hydrogen) atoms. The van der Waals surface area contributed by atoms with Crippen molar-refractivity contribution in [2.24, 2.45) is 17.6 Å². The summed E-state index contributed by atoms with van der Waals surface area (Å²) in [5.74, 6) is 1.17. The van der Waals surface area contributed by atoms with Gasteiger partial charge in [0.2, 0.25) is 0 Å². The van der Waals surface area contributed by atoms with E-state index >= 15 is 0 Å². The van der Waals surface area contributed by atoms with Crippen LogP contribution in [0.2, 0.25) is 0 Å². The molecule has 1 amide bonds. The molecule has 148 valence electrons. The lowest BCUT2D eigenvalue weighted by Gasteiger charge is -2.21. The van der Waals surface area contributed by atoms with Crippen LogP contribution in [0.5, 0.6) is 5.75 Å². The van der Waals surface area contributed by atoms with E-state index < -0.39 is 0 Å². The number of hydrogen-bond donors (Lipinski definition) is 1. The molecule has 0 radical (unpaired) electrons. The predicted octanol–water partition coefficient (Wildman–Crippen LogP) is 3.14. The maximum Gasteiger partial charge on any atom is 0.278 e. The SMILES string of the molecule is CC(C)COc1cn(-c2ccccc2)nc1C(=O)N1CC(CN)CC1C.Cl. The molecule has 2 atom stereocenters. The zero-order valence-electron chi connectivity index (χ0n) is 16.2. The Balaban J connectivity index is 0.00000261. The summed E-state index contributed by atoms with van der Waals surface area (Å²) < 4.78 is 7.63. The molecular formula is C20H29ClN4O2. The summed E-state index contributed by atoms with van der Waals surface area (Å²) in [5, 5.41) is 4.56. The van der Waals surface area contributed by atoms with Crippen molar-refractivity contribution < 1.29 is 9.53 Å². The van der Waals surface area contributed by atoms with Crippen molar-refractivity contribution in [3.05, 3.63) is 42.2 Å². The van der Waals surface area contributed by atoms with Gasteiger partial charge in [0.1, 0.15) is 0 Å². The standard InChI is InChI=1S/C20H28N4O2.ClH/c1-14(2)13-26-18-12-24(17-7-5-4-6-8-17)22-19(18)20(25)23-11-16(10-21)9-15(23)3;/h4-8,12,14-16H,9-11,13,21H2,1-3H3;1H. The van der Waals surface area contributed by atoms with E-state index in [1.165, 1.54) is 0 Å². The second kappa shape index (κ2) is 9.24. The molecule has 0 saturated carbocycles. The molecule has 7 heteroatoms. The quantitative estimate of drug-likeness (QED) is 0.819. The van der Waals surface area contributed by atoms with Crippen LogP contribution in [0.25, 0.3) is 5.69 Å². The average Bonchev–Trinajstić information content (AvgIpc) is 3.23. The van der Waals surface area contributed by atoms with Crippen molar-refractivity contribution in [3.8, 4) is 11.4 Å². The topological polar surface area (TPSA) is 73.4 Å². The summed E-state index contributed by atoms with van der Waals surface area (Å²) in [6.45, 7) is 8.05. The molecule has 2 unspecified atom stereocenters. The van der Waals surface area contributed by atoms with Crippen molar-refractivity contribution in [3.63, 3.8) is 0 Å². The van der Waals surface area contributed by atoms with E-state index in [1.807, 2.05) is 35.2 Å². The Labute approximate surface area is 167 Å². The fraction of sp³-hybridized carbons (Fsp3) is 0.500. The summed E-state index contributed by atoms with van der Waals surface area (Å²) in [6.07, 6.45) is 2.73. The minimum atomic E-state index is -0.0816. The first-order valence-electron chi connectivity index (χ1n) is 9.28. The number of rotatable bonds is 6. The molecule has 1 aliphatic heterocycles. The fourth-order valence-electron chi connectivity index (χ4n) is 3.31. The van der Waals surface area contributed by atoms with Gasteiger partial charge in [0.05, 0.1) is 18.5 Å². The number of hydrogen-bond acceptors (Lipinski definition) is 4. The minimum Gasteiger partial charge on any atom is -0.489 e. The maximum absolute atomic E-state index is 13.2. The summed E-state index contributed by atoms with van der Waals surface area (Å²) in [7, 11) is 0. The van der Waals surface area contributed by atoms with E-state index in [-0.39, 0.29) is 24.4 Å². The van der Waals surface area contributed by atoms with Crippen molar-refractivity contribution in [1.82, 2.24) is 14.7 Å². The molecule has 2 aromatic rings. The number of amides is 1. The van der Waals surface area contributed by atoms with Gasteiger partial charge in [-0.3, -0.25) is 4.79 Å². The van der Waals surface area contributed by atoms with Gasteiger partial charge in [-0.15, -0.1) is 12.4 Å². The highest BCUT2D eigenvalue weighted by molar-refractivity contribution is 5.95. The Morgan fingerprint density at radius 2 is 2.04 bits per heavy atom. The van der Waals surface area contributed by atoms with E-state index in [9.17, 15) is 4.79 Å². The molecule has 2 heterocycles. The number of likely N-dealkylation sites (tertiary alicyclic amines) is 1. The fourth-order valence-corrected chi connectivity index (χ4v) is 3.31. The molecule has 0 bridgehead atoms. The van der Waals surface area contributed by atoms with Crippen LogP contribution in [0, 0.1) is 11.8 Å². The van der Waals surface area contributed by atoms with E-state index in [4.69, 9.17) is 10.5 Å². The summed E-state index contributed by atoms with van der Waals surface area (Å²) in [4.78, 5) is 15.0. The summed E-state index contributed by atoms with van der Waals surface area (Å²) >= 11 is 0. The van der Waals surface area contributed by atoms with Gasteiger partial charge >= 0.3 is 0 Å². The molecule has 0 aliphatic carbocycles. The van der Waals surface area contributed by atoms with E-state index in [2.05, 4.69) is 25.9 Å². The number of carbonyl (C=O) groups excluding carboxylic acids is 1. The number of nitrogens with zero attached hydrogens (tertiary/aromatic N) is 3. The van der Waals surface area contributed by atoms with Gasteiger partial charge in [-0.1, -0.05) is 32.0 Å². The molecule has 0 spiro atoms. The van der Waals surface area contributed by atoms with Gasteiger partial charge in [0.25, 0.3) is 5.91 Å². The van der Waals surface area contributed by atoms with Gasteiger partial charge in [-0.2, -0.15) is 5.10 Å². The van der Waals surface area contributed by atoms with Crippen LogP contribution in [-0.2, 0) is 0 Å². The molecule has 6 nitrogen and oxygen atoms in total. The first-order chi connectivity index (χ1) is 12.5. The summed E-state index contributed by atoms with van der Waals surface area (Å²) in [5.41, 5.74) is 7.08. The van der Waals surface area contributed by atoms with Crippen LogP contribution >= 0.6 is 12.4 Å². The van der Waals surface area contributed by atoms with Crippen LogP contribution in [0.4, 0.5) is 0 Å². The molecule has 2 N–H and O–H groups in total. The second-order valence-electron chi connectivity index (χ2n) is 7.47. The molecule has 1 aromatic carbocycles. The average molecular weight is 393 g/mol.